The minimum Gasteiger partial charge on any atom is -0.490 e. The highest BCUT2D eigenvalue weighted by Crippen LogP contribution is 2.27. The molecule has 1 rings (SSSR count). The lowest BCUT2D eigenvalue weighted by molar-refractivity contribution is -0.175. The van der Waals surface area contributed by atoms with Crippen LogP contribution in [0.25, 0.3) is 0 Å². The molecule has 1 aromatic rings. The van der Waals surface area contributed by atoms with E-state index in [9.17, 15) is 18.3 Å². The third kappa shape index (κ3) is 6.13. The summed E-state index contributed by atoms with van der Waals surface area (Å²) < 4.78 is 44.9. The van der Waals surface area contributed by atoms with Crippen LogP contribution < -0.4 is 4.74 Å². The number of benzene rings is 1. The largest absolute Gasteiger partial charge is 0.490 e. The zero-order valence-corrected chi connectivity index (χ0v) is 11.0. The van der Waals surface area contributed by atoms with Crippen LogP contribution in [0, 0.1) is 0 Å². The Hall–Kier alpha value is -0.980. The molecular weight excluding hydrogens is 285 g/mol. The lowest BCUT2D eigenvalue weighted by Crippen LogP contribution is -2.19. The molecule has 3 nitrogen and oxygen atoms in total. The first-order valence-corrected chi connectivity index (χ1v) is 5.92. The second-order valence-electron chi connectivity index (χ2n) is 3.88. The topological polar surface area (TPSA) is 38.7 Å². The van der Waals surface area contributed by atoms with Gasteiger partial charge in [-0.3, -0.25) is 0 Å². The van der Waals surface area contributed by atoms with E-state index < -0.39 is 18.9 Å². The van der Waals surface area contributed by atoms with Gasteiger partial charge in [0.05, 0.1) is 17.7 Å². The van der Waals surface area contributed by atoms with Gasteiger partial charge in [0.25, 0.3) is 0 Å². The van der Waals surface area contributed by atoms with Crippen molar-refractivity contribution >= 4 is 11.6 Å². The van der Waals surface area contributed by atoms with Gasteiger partial charge in [-0.2, -0.15) is 13.2 Å². The number of hydrogen-bond acceptors (Lipinski definition) is 3. The molecular formula is C12H14ClF3O3. The van der Waals surface area contributed by atoms with E-state index in [1.165, 1.54) is 6.07 Å². The molecule has 0 heterocycles. The summed E-state index contributed by atoms with van der Waals surface area (Å²) in [4.78, 5) is 0. The maximum atomic E-state index is 11.8. The molecule has 19 heavy (non-hydrogen) atoms. The number of ether oxygens (including phenoxy) is 2. The zero-order valence-electron chi connectivity index (χ0n) is 10.2. The third-order valence-corrected chi connectivity index (χ3v) is 2.48. The SMILES string of the molecule is C[C@H](O)c1ccc(OCCOCC(F)(F)F)c(Cl)c1. The second kappa shape index (κ2) is 6.98. The molecule has 7 heteroatoms. The number of aliphatic hydroxyl groups is 1. The van der Waals surface area contributed by atoms with E-state index in [0.717, 1.165) is 0 Å². The molecule has 0 saturated heterocycles. The molecule has 0 saturated carbocycles. The lowest BCUT2D eigenvalue weighted by atomic mass is 10.1. The van der Waals surface area contributed by atoms with Gasteiger partial charge in [-0.05, 0) is 24.6 Å². The molecule has 108 valence electrons. The Balaban J connectivity index is 2.38. The molecule has 0 amide bonds. The molecule has 0 unspecified atom stereocenters. The molecule has 0 fully saturated rings. The van der Waals surface area contributed by atoms with Crippen molar-refractivity contribution in [2.75, 3.05) is 19.8 Å². The second-order valence-corrected chi connectivity index (χ2v) is 4.29. The van der Waals surface area contributed by atoms with Crippen LogP contribution in [0.5, 0.6) is 5.75 Å². The van der Waals surface area contributed by atoms with Crippen molar-refractivity contribution in [1.29, 1.82) is 0 Å². The highest BCUT2D eigenvalue weighted by atomic mass is 35.5. The number of halogens is 4. The summed E-state index contributed by atoms with van der Waals surface area (Å²) in [6.07, 6.45) is -4.99. The van der Waals surface area contributed by atoms with Gasteiger partial charge in [0.2, 0.25) is 0 Å². The van der Waals surface area contributed by atoms with Crippen LogP contribution in [0.4, 0.5) is 13.2 Å². The molecule has 0 spiro atoms. The normalized spacial score (nSPS) is 13.4. The Morgan fingerprint density at radius 3 is 2.53 bits per heavy atom. The highest BCUT2D eigenvalue weighted by Gasteiger charge is 2.27. The van der Waals surface area contributed by atoms with E-state index in [1.807, 2.05) is 0 Å². The highest BCUT2D eigenvalue weighted by molar-refractivity contribution is 6.32. The van der Waals surface area contributed by atoms with Crippen LogP contribution in [0.1, 0.15) is 18.6 Å². The first-order valence-electron chi connectivity index (χ1n) is 5.54. The number of aliphatic hydroxyl groups excluding tert-OH is 1. The van der Waals surface area contributed by atoms with Crippen molar-refractivity contribution < 1.29 is 27.8 Å². The number of hydrogen-bond donors (Lipinski definition) is 1. The van der Waals surface area contributed by atoms with E-state index >= 15 is 0 Å². The lowest BCUT2D eigenvalue weighted by Gasteiger charge is -2.11. The van der Waals surface area contributed by atoms with Crippen LogP contribution >= 0.6 is 11.6 Å². The van der Waals surface area contributed by atoms with Crippen molar-refractivity contribution in [3.05, 3.63) is 28.8 Å². The first kappa shape index (κ1) is 16.1. The molecule has 0 radical (unpaired) electrons. The van der Waals surface area contributed by atoms with Gasteiger partial charge >= 0.3 is 6.18 Å². The number of alkyl halides is 3. The van der Waals surface area contributed by atoms with Gasteiger partial charge in [-0.1, -0.05) is 17.7 Å². The average molecular weight is 299 g/mol. The minimum atomic E-state index is -4.34. The predicted molar refractivity (Wildman–Crippen MR) is 64.5 cm³/mol. The summed E-state index contributed by atoms with van der Waals surface area (Å²) in [7, 11) is 0. The van der Waals surface area contributed by atoms with E-state index in [4.69, 9.17) is 16.3 Å². The summed E-state index contributed by atoms with van der Waals surface area (Å²) in [5.41, 5.74) is 0.630. The smallest absolute Gasteiger partial charge is 0.411 e. The molecule has 0 aliphatic heterocycles. The fraction of sp³-hybridized carbons (Fsp3) is 0.500. The summed E-state index contributed by atoms with van der Waals surface area (Å²) in [6.45, 7) is 0.0695. The summed E-state index contributed by atoms with van der Waals surface area (Å²) in [6, 6.07) is 4.72. The Morgan fingerprint density at radius 1 is 1.32 bits per heavy atom. The van der Waals surface area contributed by atoms with Crippen LogP contribution in [-0.2, 0) is 4.74 Å². The van der Waals surface area contributed by atoms with Gasteiger partial charge in [-0.25, -0.2) is 0 Å². The quantitative estimate of drug-likeness (QED) is 0.819. The van der Waals surface area contributed by atoms with E-state index in [-0.39, 0.29) is 18.2 Å². The van der Waals surface area contributed by atoms with Crippen molar-refractivity contribution in [2.45, 2.75) is 19.2 Å². The minimum absolute atomic E-state index is 0.0379. The molecule has 1 atom stereocenters. The Morgan fingerprint density at radius 2 is 2.00 bits per heavy atom. The first-order chi connectivity index (χ1) is 8.79. The van der Waals surface area contributed by atoms with Gasteiger partial charge in [0.1, 0.15) is 19.0 Å². The van der Waals surface area contributed by atoms with Crippen LogP contribution in [0.2, 0.25) is 5.02 Å². The maximum absolute atomic E-state index is 11.8. The fourth-order valence-corrected chi connectivity index (χ4v) is 1.54. The summed E-state index contributed by atoms with van der Waals surface area (Å²) in [5.74, 6) is 0.335. The van der Waals surface area contributed by atoms with Crippen molar-refractivity contribution in [1.82, 2.24) is 0 Å². The molecule has 0 aromatic heterocycles. The Bertz CT molecular complexity index is 408. The summed E-state index contributed by atoms with van der Waals surface area (Å²) >= 11 is 5.90. The maximum Gasteiger partial charge on any atom is 0.411 e. The predicted octanol–water partition coefficient (Wildman–Crippen LogP) is 3.35. The molecule has 0 bridgehead atoms. The molecule has 0 aliphatic carbocycles. The Labute approximate surface area is 113 Å². The van der Waals surface area contributed by atoms with Gasteiger partial charge in [-0.15, -0.1) is 0 Å². The monoisotopic (exact) mass is 298 g/mol. The van der Waals surface area contributed by atoms with Crippen LogP contribution in [0.15, 0.2) is 18.2 Å². The van der Waals surface area contributed by atoms with Crippen LogP contribution in [-0.4, -0.2) is 31.1 Å². The molecule has 1 aromatic carbocycles. The van der Waals surface area contributed by atoms with E-state index in [1.54, 1.807) is 19.1 Å². The van der Waals surface area contributed by atoms with Crippen molar-refractivity contribution in [3.63, 3.8) is 0 Å². The van der Waals surface area contributed by atoms with Crippen LogP contribution in [0.3, 0.4) is 0 Å². The van der Waals surface area contributed by atoms with Gasteiger partial charge < -0.3 is 14.6 Å². The summed E-state index contributed by atoms with van der Waals surface area (Å²) in [5, 5.41) is 9.62. The third-order valence-electron chi connectivity index (χ3n) is 2.19. The average Bonchev–Trinajstić information content (AvgIpc) is 2.28. The zero-order chi connectivity index (χ0) is 14.5. The molecule has 1 N–H and O–H groups in total. The van der Waals surface area contributed by atoms with E-state index in [0.29, 0.717) is 11.3 Å². The van der Waals surface area contributed by atoms with Gasteiger partial charge in [0.15, 0.2) is 0 Å². The van der Waals surface area contributed by atoms with Crippen molar-refractivity contribution in [3.8, 4) is 5.75 Å². The molecule has 0 aliphatic rings. The van der Waals surface area contributed by atoms with Crippen molar-refractivity contribution in [2.24, 2.45) is 0 Å². The Kier molecular flexibility index (Phi) is 5.90. The standard InChI is InChI=1S/C12H14ClF3O3/c1-8(17)9-2-3-11(10(13)6-9)19-5-4-18-7-12(14,15)16/h2-3,6,8,17H,4-5,7H2,1H3/t8-/m0/s1. The van der Waals surface area contributed by atoms with Gasteiger partial charge in [0, 0.05) is 0 Å². The number of rotatable bonds is 6. The fourth-order valence-electron chi connectivity index (χ4n) is 1.29. The van der Waals surface area contributed by atoms with E-state index in [2.05, 4.69) is 4.74 Å².